The molecular weight excluding hydrogens is 210 g/mol. The Morgan fingerprint density at radius 1 is 1.35 bits per heavy atom. The van der Waals surface area contributed by atoms with E-state index in [-0.39, 0.29) is 5.54 Å². The van der Waals surface area contributed by atoms with E-state index in [1.165, 1.54) is 30.4 Å². The highest BCUT2D eigenvalue weighted by atomic mass is 16.5. The maximum atomic E-state index is 5.49. The summed E-state index contributed by atoms with van der Waals surface area (Å²) in [6, 6.07) is 8.82. The van der Waals surface area contributed by atoms with Crippen molar-refractivity contribution in [1.82, 2.24) is 5.32 Å². The molecule has 0 aliphatic carbocycles. The number of hydrogen-bond acceptors (Lipinski definition) is 2. The van der Waals surface area contributed by atoms with Crippen molar-refractivity contribution in [2.45, 2.75) is 38.1 Å². The van der Waals surface area contributed by atoms with Gasteiger partial charge < -0.3 is 10.1 Å². The van der Waals surface area contributed by atoms with Crippen LogP contribution in [-0.4, -0.2) is 20.3 Å². The lowest BCUT2D eigenvalue weighted by Gasteiger charge is -2.35. The number of rotatable bonds is 4. The summed E-state index contributed by atoms with van der Waals surface area (Å²) in [5.74, 6) is 0. The molecule has 1 heterocycles. The summed E-state index contributed by atoms with van der Waals surface area (Å²) in [6.07, 6.45) is 4.70. The van der Waals surface area contributed by atoms with Crippen LogP contribution in [-0.2, 0) is 16.7 Å². The molecule has 1 aliphatic rings. The average Bonchev–Trinajstić information content (AvgIpc) is 2.52. The number of fused-ring (bicyclic) bond motifs is 1. The van der Waals surface area contributed by atoms with Crippen LogP contribution < -0.4 is 5.32 Å². The summed E-state index contributed by atoms with van der Waals surface area (Å²) in [7, 11) is 1.80. The van der Waals surface area contributed by atoms with Crippen LogP contribution in [0.1, 0.15) is 37.3 Å². The number of ether oxygens (including phenoxy) is 1. The van der Waals surface area contributed by atoms with Crippen molar-refractivity contribution in [2.75, 3.05) is 20.3 Å². The van der Waals surface area contributed by atoms with Crippen LogP contribution in [0.2, 0.25) is 0 Å². The van der Waals surface area contributed by atoms with Gasteiger partial charge in [-0.05, 0) is 36.9 Å². The summed E-state index contributed by atoms with van der Waals surface area (Å²) in [5, 5.41) is 3.73. The van der Waals surface area contributed by atoms with E-state index < -0.39 is 0 Å². The van der Waals surface area contributed by atoms with Crippen LogP contribution >= 0.6 is 0 Å². The van der Waals surface area contributed by atoms with Crippen LogP contribution in [0, 0.1) is 0 Å². The maximum Gasteiger partial charge on any atom is 0.0686 e. The second-order valence-electron chi connectivity index (χ2n) is 4.95. The van der Waals surface area contributed by atoms with Crippen molar-refractivity contribution in [3.63, 3.8) is 0 Å². The number of nitrogens with one attached hydrogen (secondary N) is 1. The molecule has 0 bridgehead atoms. The number of aryl methyl sites for hydroxylation is 1. The predicted molar refractivity (Wildman–Crippen MR) is 71.2 cm³/mol. The van der Waals surface area contributed by atoms with E-state index in [1.807, 2.05) is 0 Å². The Kier molecular flexibility index (Phi) is 4.19. The van der Waals surface area contributed by atoms with Gasteiger partial charge in [-0.15, -0.1) is 0 Å². The number of benzene rings is 1. The smallest absolute Gasteiger partial charge is 0.0686 e. The molecular formula is C15H23NO. The summed E-state index contributed by atoms with van der Waals surface area (Å²) in [4.78, 5) is 0. The molecule has 2 rings (SSSR count). The van der Waals surface area contributed by atoms with Crippen molar-refractivity contribution in [3.8, 4) is 0 Å². The van der Waals surface area contributed by atoms with Crippen molar-refractivity contribution >= 4 is 0 Å². The van der Waals surface area contributed by atoms with Gasteiger partial charge in [-0.3, -0.25) is 0 Å². The Balaban J connectivity index is 2.42. The molecule has 1 atom stereocenters. The van der Waals surface area contributed by atoms with E-state index in [9.17, 15) is 0 Å². The van der Waals surface area contributed by atoms with E-state index in [2.05, 4.69) is 36.5 Å². The van der Waals surface area contributed by atoms with Gasteiger partial charge in [0.15, 0.2) is 0 Å². The zero-order valence-corrected chi connectivity index (χ0v) is 11.0. The molecule has 1 N–H and O–H groups in total. The molecule has 0 saturated heterocycles. The zero-order valence-electron chi connectivity index (χ0n) is 11.0. The van der Waals surface area contributed by atoms with E-state index in [1.54, 1.807) is 7.11 Å². The molecule has 0 fully saturated rings. The molecule has 2 nitrogen and oxygen atoms in total. The Bertz CT molecular complexity index is 356. The first-order valence-electron chi connectivity index (χ1n) is 6.65. The van der Waals surface area contributed by atoms with Gasteiger partial charge in [0.2, 0.25) is 0 Å². The lowest BCUT2D eigenvalue weighted by molar-refractivity contribution is 0.102. The standard InChI is InChI=1S/C15H23NO/c1-3-10-15(12-17-2)14-9-5-4-7-13(14)8-6-11-16-15/h4-5,7,9,16H,3,6,8,10-12H2,1-2H3/t15-/m0/s1. The van der Waals surface area contributed by atoms with Gasteiger partial charge in [0.25, 0.3) is 0 Å². The monoisotopic (exact) mass is 233 g/mol. The van der Waals surface area contributed by atoms with E-state index in [0.29, 0.717) is 0 Å². The largest absolute Gasteiger partial charge is 0.382 e. The minimum Gasteiger partial charge on any atom is -0.382 e. The molecule has 0 unspecified atom stereocenters. The number of hydrogen-bond donors (Lipinski definition) is 1. The minimum atomic E-state index is 0.0244. The quantitative estimate of drug-likeness (QED) is 0.863. The van der Waals surface area contributed by atoms with Crippen LogP contribution in [0.25, 0.3) is 0 Å². The van der Waals surface area contributed by atoms with Crippen LogP contribution in [0.4, 0.5) is 0 Å². The van der Waals surface area contributed by atoms with Gasteiger partial charge in [-0.25, -0.2) is 0 Å². The first-order chi connectivity index (χ1) is 8.32. The van der Waals surface area contributed by atoms with Gasteiger partial charge in [-0.1, -0.05) is 37.6 Å². The highest BCUT2D eigenvalue weighted by Gasteiger charge is 2.33. The van der Waals surface area contributed by atoms with Gasteiger partial charge in [0.05, 0.1) is 12.1 Å². The van der Waals surface area contributed by atoms with Crippen LogP contribution in [0.15, 0.2) is 24.3 Å². The number of methoxy groups -OCH3 is 1. The molecule has 0 radical (unpaired) electrons. The minimum absolute atomic E-state index is 0.0244. The molecule has 17 heavy (non-hydrogen) atoms. The molecule has 1 aliphatic heterocycles. The molecule has 0 amide bonds. The van der Waals surface area contributed by atoms with E-state index >= 15 is 0 Å². The Hall–Kier alpha value is -0.860. The fraction of sp³-hybridized carbons (Fsp3) is 0.600. The Morgan fingerprint density at radius 2 is 2.18 bits per heavy atom. The molecule has 1 aromatic carbocycles. The SMILES string of the molecule is CCC[C@@]1(COC)NCCCc2ccccc21. The molecule has 0 spiro atoms. The molecule has 94 valence electrons. The Morgan fingerprint density at radius 3 is 2.94 bits per heavy atom. The second kappa shape index (κ2) is 5.65. The predicted octanol–water partition coefficient (Wildman–Crippen LogP) is 2.86. The summed E-state index contributed by atoms with van der Waals surface area (Å²) < 4.78 is 5.49. The molecule has 0 aromatic heterocycles. The fourth-order valence-electron chi connectivity index (χ4n) is 3.00. The summed E-state index contributed by atoms with van der Waals surface area (Å²) in [6.45, 7) is 4.09. The molecule has 1 aromatic rings. The normalized spacial score (nSPS) is 24.1. The molecule has 0 saturated carbocycles. The van der Waals surface area contributed by atoms with E-state index in [0.717, 1.165) is 19.6 Å². The first kappa shape index (κ1) is 12.6. The fourth-order valence-corrected chi connectivity index (χ4v) is 3.00. The third-order valence-corrected chi connectivity index (χ3v) is 3.69. The summed E-state index contributed by atoms with van der Waals surface area (Å²) >= 11 is 0. The third kappa shape index (κ3) is 2.53. The van der Waals surface area contributed by atoms with Crippen LogP contribution in [0.5, 0.6) is 0 Å². The van der Waals surface area contributed by atoms with Crippen molar-refractivity contribution in [3.05, 3.63) is 35.4 Å². The first-order valence-corrected chi connectivity index (χ1v) is 6.65. The van der Waals surface area contributed by atoms with Gasteiger partial charge in [-0.2, -0.15) is 0 Å². The highest BCUT2D eigenvalue weighted by Crippen LogP contribution is 2.32. The second-order valence-corrected chi connectivity index (χ2v) is 4.95. The Labute approximate surface area is 104 Å². The highest BCUT2D eigenvalue weighted by molar-refractivity contribution is 5.35. The molecule has 2 heteroatoms. The van der Waals surface area contributed by atoms with E-state index in [4.69, 9.17) is 4.74 Å². The van der Waals surface area contributed by atoms with Crippen molar-refractivity contribution in [1.29, 1.82) is 0 Å². The third-order valence-electron chi connectivity index (χ3n) is 3.69. The lowest BCUT2D eigenvalue weighted by atomic mass is 9.83. The van der Waals surface area contributed by atoms with Crippen LogP contribution in [0.3, 0.4) is 0 Å². The van der Waals surface area contributed by atoms with Gasteiger partial charge >= 0.3 is 0 Å². The van der Waals surface area contributed by atoms with Gasteiger partial charge in [0.1, 0.15) is 0 Å². The lowest BCUT2D eigenvalue weighted by Crippen LogP contribution is -2.46. The van der Waals surface area contributed by atoms with Gasteiger partial charge in [0, 0.05) is 7.11 Å². The average molecular weight is 233 g/mol. The zero-order chi connectivity index (χ0) is 12.1. The van der Waals surface area contributed by atoms with Crippen molar-refractivity contribution in [2.24, 2.45) is 0 Å². The topological polar surface area (TPSA) is 21.3 Å². The maximum absolute atomic E-state index is 5.49. The summed E-state index contributed by atoms with van der Waals surface area (Å²) in [5.41, 5.74) is 2.96. The van der Waals surface area contributed by atoms with Crippen molar-refractivity contribution < 1.29 is 4.74 Å².